The third-order valence-corrected chi connectivity index (χ3v) is 4.19. The lowest BCUT2D eigenvalue weighted by atomic mass is 10.2. The van der Waals surface area contributed by atoms with Gasteiger partial charge in [-0.15, -0.1) is 10.2 Å². The van der Waals surface area contributed by atoms with Crippen molar-refractivity contribution in [3.8, 4) is 5.75 Å². The molecule has 7 heteroatoms. The fourth-order valence-corrected chi connectivity index (χ4v) is 3.06. The number of nitrogens with one attached hydrogen (secondary N) is 1. The number of benzene rings is 1. The summed E-state index contributed by atoms with van der Waals surface area (Å²) >= 11 is 3.22. The van der Waals surface area contributed by atoms with Gasteiger partial charge in [0.05, 0.1) is 6.61 Å². The second-order valence-electron chi connectivity index (χ2n) is 3.72. The highest BCUT2D eigenvalue weighted by molar-refractivity contribution is 8.01. The average molecular weight is 294 g/mol. The van der Waals surface area contributed by atoms with Gasteiger partial charge >= 0.3 is 0 Å². The van der Waals surface area contributed by atoms with Crippen molar-refractivity contribution in [1.29, 1.82) is 5.41 Å². The Hall–Kier alpha value is -1.60. The molecule has 0 saturated heterocycles. The van der Waals surface area contributed by atoms with Crippen LogP contribution in [0.3, 0.4) is 0 Å². The van der Waals surface area contributed by atoms with E-state index >= 15 is 0 Å². The van der Waals surface area contributed by atoms with E-state index in [0.29, 0.717) is 12.2 Å². The van der Waals surface area contributed by atoms with Crippen molar-refractivity contribution < 1.29 is 4.74 Å². The summed E-state index contributed by atoms with van der Waals surface area (Å²) < 4.78 is 6.56. The first-order valence-electron chi connectivity index (χ1n) is 5.65. The molecule has 19 heavy (non-hydrogen) atoms. The van der Waals surface area contributed by atoms with E-state index in [1.165, 1.54) is 0 Å². The van der Waals surface area contributed by atoms with E-state index in [1.807, 2.05) is 19.1 Å². The minimum Gasteiger partial charge on any atom is -0.493 e. The van der Waals surface area contributed by atoms with Crippen molar-refractivity contribution in [2.24, 2.45) is 5.73 Å². The smallest absolute Gasteiger partial charge is 0.174 e. The van der Waals surface area contributed by atoms with Gasteiger partial charge < -0.3 is 10.5 Å². The molecule has 0 aliphatic heterocycles. The van der Waals surface area contributed by atoms with E-state index in [2.05, 4.69) is 10.2 Å². The number of aryl methyl sites for hydroxylation is 1. The Kier molecular flexibility index (Phi) is 4.75. The van der Waals surface area contributed by atoms with Crippen LogP contribution in [0.2, 0.25) is 0 Å². The zero-order chi connectivity index (χ0) is 13.7. The van der Waals surface area contributed by atoms with Gasteiger partial charge in [0.1, 0.15) is 16.6 Å². The lowest BCUT2D eigenvalue weighted by Crippen LogP contribution is -2.10. The molecule has 1 aromatic carbocycles. The van der Waals surface area contributed by atoms with E-state index < -0.39 is 0 Å². The number of nitrogen functional groups attached to an aromatic ring is 1. The molecule has 100 valence electrons. The number of amidine groups is 1. The Labute approximate surface area is 119 Å². The van der Waals surface area contributed by atoms with Gasteiger partial charge in [-0.2, -0.15) is 0 Å². The number of nitrogens with zero attached hydrogens (tertiary/aromatic N) is 2. The number of nitrogens with two attached hydrogens (primary N) is 1. The maximum atomic E-state index is 7.29. The van der Waals surface area contributed by atoms with Crippen LogP contribution in [0.25, 0.3) is 0 Å². The highest BCUT2D eigenvalue weighted by Crippen LogP contribution is 2.21. The molecule has 0 aliphatic rings. The van der Waals surface area contributed by atoms with Crippen molar-refractivity contribution >= 4 is 28.9 Å². The molecule has 5 nitrogen and oxygen atoms in total. The van der Waals surface area contributed by atoms with Gasteiger partial charge in [-0.25, -0.2) is 0 Å². The molecule has 0 fully saturated rings. The summed E-state index contributed by atoms with van der Waals surface area (Å²) in [5.74, 6) is 1.66. The normalized spacial score (nSPS) is 10.4. The molecular formula is C12H14N4OS2. The maximum Gasteiger partial charge on any atom is 0.174 e. The molecule has 0 spiro atoms. The summed E-state index contributed by atoms with van der Waals surface area (Å²) in [5, 5.41) is 16.3. The molecule has 2 rings (SSSR count). The molecule has 0 atom stereocenters. The van der Waals surface area contributed by atoms with Gasteiger partial charge in [0, 0.05) is 11.3 Å². The van der Waals surface area contributed by atoms with Gasteiger partial charge in [0.25, 0.3) is 0 Å². The minimum absolute atomic E-state index is 0.0637. The summed E-state index contributed by atoms with van der Waals surface area (Å²) in [6.45, 7) is 2.54. The molecule has 1 heterocycles. The van der Waals surface area contributed by atoms with Crippen LogP contribution >= 0.6 is 23.1 Å². The maximum absolute atomic E-state index is 7.29. The van der Waals surface area contributed by atoms with E-state index in [-0.39, 0.29) is 5.84 Å². The Morgan fingerprint density at radius 2 is 2.11 bits per heavy atom. The monoisotopic (exact) mass is 294 g/mol. The molecule has 0 bridgehead atoms. The molecule has 0 amide bonds. The minimum atomic E-state index is 0.0637. The summed E-state index contributed by atoms with van der Waals surface area (Å²) in [6.07, 6.45) is 0. The van der Waals surface area contributed by atoms with Crippen LogP contribution in [-0.4, -0.2) is 28.4 Å². The number of hydrogen-bond donors (Lipinski definition) is 2. The summed E-state index contributed by atoms with van der Waals surface area (Å²) in [5.41, 5.74) is 6.08. The lowest BCUT2D eigenvalue weighted by Gasteiger charge is -2.05. The molecule has 0 aliphatic carbocycles. The van der Waals surface area contributed by atoms with Crippen LogP contribution in [0.4, 0.5) is 0 Å². The Bertz CT molecular complexity index is 553. The first-order valence-corrected chi connectivity index (χ1v) is 7.45. The van der Waals surface area contributed by atoms with Gasteiger partial charge in [-0.3, -0.25) is 5.41 Å². The number of ether oxygens (including phenoxy) is 1. The first kappa shape index (κ1) is 13.8. The number of aromatic nitrogens is 2. The third-order valence-electron chi connectivity index (χ3n) is 2.25. The number of hydrogen-bond acceptors (Lipinski definition) is 6. The fourth-order valence-electron chi connectivity index (χ4n) is 1.36. The van der Waals surface area contributed by atoms with Gasteiger partial charge in [0.2, 0.25) is 0 Å². The molecular weight excluding hydrogens is 280 g/mol. The van der Waals surface area contributed by atoms with E-state index in [0.717, 1.165) is 20.8 Å². The summed E-state index contributed by atoms with van der Waals surface area (Å²) in [4.78, 5) is 0. The molecule has 0 radical (unpaired) electrons. The number of thioether (sulfide) groups is 1. The zero-order valence-corrected chi connectivity index (χ0v) is 12.1. The molecule has 0 unspecified atom stereocenters. The Morgan fingerprint density at radius 3 is 2.68 bits per heavy atom. The van der Waals surface area contributed by atoms with Crippen LogP contribution in [0.15, 0.2) is 28.6 Å². The molecule has 0 saturated carbocycles. The Morgan fingerprint density at radius 1 is 1.37 bits per heavy atom. The van der Waals surface area contributed by atoms with Gasteiger partial charge in [-0.05, 0) is 31.2 Å². The largest absolute Gasteiger partial charge is 0.493 e. The second-order valence-corrected chi connectivity index (χ2v) is 6.25. The number of rotatable bonds is 6. The van der Waals surface area contributed by atoms with Crippen LogP contribution in [0.5, 0.6) is 5.75 Å². The Balaban J connectivity index is 1.75. The predicted molar refractivity (Wildman–Crippen MR) is 78.3 cm³/mol. The van der Waals surface area contributed by atoms with E-state index in [4.69, 9.17) is 15.9 Å². The van der Waals surface area contributed by atoms with Crippen molar-refractivity contribution in [1.82, 2.24) is 10.2 Å². The van der Waals surface area contributed by atoms with Crippen LogP contribution in [-0.2, 0) is 0 Å². The fraction of sp³-hybridized carbons (Fsp3) is 0.250. The average Bonchev–Trinajstić information content (AvgIpc) is 2.81. The second kappa shape index (κ2) is 6.53. The van der Waals surface area contributed by atoms with Crippen molar-refractivity contribution in [2.45, 2.75) is 11.3 Å². The molecule has 2 aromatic rings. The predicted octanol–water partition coefficient (Wildman–Crippen LogP) is 2.30. The van der Waals surface area contributed by atoms with Gasteiger partial charge in [0.15, 0.2) is 4.34 Å². The highest BCUT2D eigenvalue weighted by Gasteiger charge is 2.01. The standard InChI is InChI=1S/C12H14N4OS2/c1-8-15-16-12(19-8)18-7-6-17-10-4-2-9(3-5-10)11(13)14/h2-5H,6-7H2,1H3,(H3,13,14). The van der Waals surface area contributed by atoms with Crippen LogP contribution < -0.4 is 10.5 Å². The van der Waals surface area contributed by atoms with Crippen molar-refractivity contribution in [2.75, 3.05) is 12.4 Å². The lowest BCUT2D eigenvalue weighted by molar-refractivity contribution is 0.344. The molecule has 1 aromatic heterocycles. The summed E-state index contributed by atoms with van der Waals surface area (Å²) in [6, 6.07) is 7.19. The van der Waals surface area contributed by atoms with Crippen LogP contribution in [0, 0.1) is 12.3 Å². The van der Waals surface area contributed by atoms with E-state index in [9.17, 15) is 0 Å². The third kappa shape index (κ3) is 4.22. The first-order chi connectivity index (χ1) is 9.15. The van der Waals surface area contributed by atoms with Crippen molar-refractivity contribution in [3.63, 3.8) is 0 Å². The van der Waals surface area contributed by atoms with Crippen LogP contribution in [0.1, 0.15) is 10.6 Å². The molecule has 3 N–H and O–H groups in total. The topological polar surface area (TPSA) is 84.9 Å². The highest BCUT2D eigenvalue weighted by atomic mass is 32.2. The SMILES string of the molecule is Cc1nnc(SCCOc2ccc(C(=N)N)cc2)s1. The van der Waals surface area contributed by atoms with Crippen molar-refractivity contribution in [3.05, 3.63) is 34.8 Å². The van der Waals surface area contributed by atoms with Gasteiger partial charge in [-0.1, -0.05) is 23.1 Å². The quantitative estimate of drug-likeness (QED) is 0.369. The van der Waals surface area contributed by atoms with E-state index in [1.54, 1.807) is 35.2 Å². The zero-order valence-electron chi connectivity index (χ0n) is 10.4. The summed E-state index contributed by atoms with van der Waals surface area (Å²) in [7, 11) is 0.